The van der Waals surface area contributed by atoms with E-state index in [0.717, 1.165) is 6.29 Å². The van der Waals surface area contributed by atoms with E-state index in [-0.39, 0.29) is 0 Å². The highest BCUT2D eigenvalue weighted by atomic mass is 32.2. The maximum absolute atomic E-state index is 11.6. The zero-order valence-electron chi connectivity index (χ0n) is 7.56. The normalized spacial score (nSPS) is 12.8. The maximum Gasteiger partial charge on any atom is 0.151 e. The first kappa shape index (κ1) is 10.1. The quantitative estimate of drug-likeness (QED) is 0.680. The Kier molecular flexibility index (Phi) is 3.33. The van der Waals surface area contributed by atoms with Crippen molar-refractivity contribution in [2.45, 2.75) is 4.90 Å². The summed E-state index contributed by atoms with van der Waals surface area (Å²) in [5, 5.41) is 0. The van der Waals surface area contributed by atoms with Gasteiger partial charge in [-0.2, -0.15) is 0 Å². The number of hydrogen-bond acceptors (Lipinski definition) is 2. The Morgan fingerprint density at radius 1 is 1.31 bits per heavy atom. The van der Waals surface area contributed by atoms with Crippen LogP contribution in [0.4, 0.5) is 0 Å². The molecule has 70 valence electrons. The molecule has 1 aromatic rings. The molecular formula is C9H11NO2S. The Labute approximate surface area is 80.0 Å². The lowest BCUT2D eigenvalue weighted by Gasteiger charge is -2.10. The van der Waals surface area contributed by atoms with E-state index in [1.807, 2.05) is 0 Å². The molecule has 0 aliphatic rings. The number of nitrogens with zero attached hydrogens (tertiary/aromatic N) is 1. The van der Waals surface area contributed by atoms with Crippen LogP contribution in [-0.4, -0.2) is 28.9 Å². The van der Waals surface area contributed by atoms with E-state index in [1.165, 1.54) is 0 Å². The second kappa shape index (κ2) is 4.30. The molecule has 0 amide bonds. The molecule has 0 fully saturated rings. The molecule has 1 aromatic carbocycles. The van der Waals surface area contributed by atoms with Gasteiger partial charge in [-0.3, -0.25) is 4.79 Å². The summed E-state index contributed by atoms with van der Waals surface area (Å²) in [5.74, 6) is 0. The highest BCUT2D eigenvalue weighted by molar-refractivity contribution is 7.82. The van der Waals surface area contributed by atoms with Crippen molar-refractivity contribution in [1.29, 1.82) is 0 Å². The summed E-state index contributed by atoms with van der Waals surface area (Å²) < 4.78 is 13.2. The smallest absolute Gasteiger partial charge is 0.151 e. The van der Waals surface area contributed by atoms with Crippen LogP contribution in [0, 0.1) is 0 Å². The second-order valence-electron chi connectivity index (χ2n) is 2.72. The Bertz CT molecular complexity index is 336. The summed E-state index contributed by atoms with van der Waals surface area (Å²) in [6.07, 6.45) is 0.719. The molecule has 0 saturated heterocycles. The lowest BCUT2D eigenvalue weighted by Crippen LogP contribution is -2.16. The molecule has 1 rings (SSSR count). The molecule has 0 bridgehead atoms. The van der Waals surface area contributed by atoms with E-state index in [0.29, 0.717) is 10.5 Å². The van der Waals surface area contributed by atoms with Crippen LogP contribution in [0.2, 0.25) is 0 Å². The number of benzene rings is 1. The molecule has 0 saturated carbocycles. The zero-order valence-corrected chi connectivity index (χ0v) is 8.38. The average Bonchev–Trinajstić information content (AvgIpc) is 2.16. The van der Waals surface area contributed by atoms with Crippen LogP contribution < -0.4 is 0 Å². The van der Waals surface area contributed by atoms with Crippen molar-refractivity contribution in [3.8, 4) is 0 Å². The minimum absolute atomic E-state index is 0.481. The summed E-state index contributed by atoms with van der Waals surface area (Å²) >= 11 is 0. The van der Waals surface area contributed by atoms with Gasteiger partial charge in [-0.1, -0.05) is 18.2 Å². The number of carbonyl (C=O) groups is 1. The van der Waals surface area contributed by atoms with Gasteiger partial charge in [0.15, 0.2) is 6.29 Å². The second-order valence-corrected chi connectivity index (χ2v) is 4.39. The third kappa shape index (κ3) is 2.23. The molecule has 1 atom stereocenters. The van der Waals surface area contributed by atoms with Gasteiger partial charge in [0, 0.05) is 5.56 Å². The maximum atomic E-state index is 11.6. The third-order valence-corrected chi connectivity index (χ3v) is 2.98. The van der Waals surface area contributed by atoms with Gasteiger partial charge in [0.1, 0.15) is 11.0 Å². The summed E-state index contributed by atoms with van der Waals surface area (Å²) in [6, 6.07) is 6.87. The molecule has 0 aromatic heterocycles. The van der Waals surface area contributed by atoms with Crippen molar-refractivity contribution in [3.05, 3.63) is 29.8 Å². The molecule has 3 nitrogen and oxygen atoms in total. The molecule has 0 N–H and O–H groups in total. The zero-order chi connectivity index (χ0) is 9.84. The van der Waals surface area contributed by atoms with Gasteiger partial charge >= 0.3 is 0 Å². The SMILES string of the molecule is CN(C)S(=O)c1ccccc1C=O. The Balaban J connectivity index is 3.13. The molecule has 13 heavy (non-hydrogen) atoms. The van der Waals surface area contributed by atoms with Crippen molar-refractivity contribution in [2.24, 2.45) is 0 Å². The number of carbonyl (C=O) groups excluding carboxylic acids is 1. The number of aldehydes is 1. The number of rotatable bonds is 3. The van der Waals surface area contributed by atoms with Crippen LogP contribution in [0.3, 0.4) is 0 Å². The van der Waals surface area contributed by atoms with Crippen LogP contribution in [0.25, 0.3) is 0 Å². The third-order valence-electron chi connectivity index (χ3n) is 1.57. The van der Waals surface area contributed by atoms with Gasteiger partial charge < -0.3 is 0 Å². The molecule has 0 aliphatic heterocycles. The molecule has 4 heteroatoms. The van der Waals surface area contributed by atoms with Crippen molar-refractivity contribution in [1.82, 2.24) is 4.31 Å². The highest BCUT2D eigenvalue weighted by Crippen LogP contribution is 2.12. The lowest BCUT2D eigenvalue weighted by molar-refractivity contribution is 0.112. The first-order valence-electron chi connectivity index (χ1n) is 3.80. The van der Waals surface area contributed by atoms with Gasteiger partial charge in [0.2, 0.25) is 0 Å². The van der Waals surface area contributed by atoms with E-state index in [9.17, 15) is 9.00 Å². The van der Waals surface area contributed by atoms with E-state index in [2.05, 4.69) is 0 Å². The Morgan fingerprint density at radius 3 is 2.46 bits per heavy atom. The molecular weight excluding hydrogens is 186 g/mol. The van der Waals surface area contributed by atoms with E-state index in [4.69, 9.17) is 0 Å². The predicted octanol–water partition coefficient (Wildman–Crippen LogP) is 1.08. The first-order chi connectivity index (χ1) is 6.16. The van der Waals surface area contributed by atoms with E-state index < -0.39 is 11.0 Å². The number of hydrogen-bond donors (Lipinski definition) is 0. The summed E-state index contributed by atoms with van der Waals surface area (Å²) in [7, 11) is 2.17. The molecule has 1 unspecified atom stereocenters. The molecule has 0 spiro atoms. The molecule has 0 aliphatic carbocycles. The van der Waals surface area contributed by atoms with Gasteiger partial charge in [0.05, 0.1) is 4.90 Å². The van der Waals surface area contributed by atoms with Gasteiger partial charge in [-0.05, 0) is 20.2 Å². The largest absolute Gasteiger partial charge is 0.298 e. The van der Waals surface area contributed by atoms with Crippen LogP contribution in [0.5, 0.6) is 0 Å². The fourth-order valence-electron chi connectivity index (χ4n) is 0.934. The topological polar surface area (TPSA) is 37.4 Å². The first-order valence-corrected chi connectivity index (χ1v) is 4.91. The van der Waals surface area contributed by atoms with Crippen LogP contribution in [0.15, 0.2) is 29.2 Å². The van der Waals surface area contributed by atoms with Crippen LogP contribution in [-0.2, 0) is 11.0 Å². The summed E-state index contributed by atoms with van der Waals surface area (Å²) in [5.41, 5.74) is 0.481. The van der Waals surface area contributed by atoms with Crippen molar-refractivity contribution in [3.63, 3.8) is 0 Å². The monoisotopic (exact) mass is 197 g/mol. The van der Waals surface area contributed by atoms with Crippen molar-refractivity contribution in [2.75, 3.05) is 14.1 Å². The lowest BCUT2D eigenvalue weighted by atomic mass is 10.2. The van der Waals surface area contributed by atoms with Crippen LogP contribution >= 0.6 is 0 Å². The standard InChI is InChI=1S/C9H11NO2S/c1-10(2)13(12)9-6-4-3-5-8(9)7-11/h3-7H,1-2H3. The summed E-state index contributed by atoms with van der Waals surface area (Å²) in [6.45, 7) is 0. The molecule has 0 radical (unpaired) electrons. The van der Waals surface area contributed by atoms with Crippen molar-refractivity contribution >= 4 is 17.3 Å². The minimum atomic E-state index is -1.24. The van der Waals surface area contributed by atoms with E-state index >= 15 is 0 Å². The van der Waals surface area contributed by atoms with E-state index in [1.54, 1.807) is 42.7 Å². The molecule has 0 heterocycles. The fraction of sp³-hybridized carbons (Fsp3) is 0.222. The van der Waals surface area contributed by atoms with Crippen molar-refractivity contribution < 1.29 is 9.00 Å². The highest BCUT2D eigenvalue weighted by Gasteiger charge is 2.09. The Hall–Kier alpha value is -1.00. The average molecular weight is 197 g/mol. The minimum Gasteiger partial charge on any atom is -0.298 e. The van der Waals surface area contributed by atoms with Gasteiger partial charge in [0.25, 0.3) is 0 Å². The predicted molar refractivity (Wildman–Crippen MR) is 51.9 cm³/mol. The van der Waals surface area contributed by atoms with Gasteiger partial charge in [-0.15, -0.1) is 0 Å². The van der Waals surface area contributed by atoms with Crippen LogP contribution in [0.1, 0.15) is 10.4 Å². The Morgan fingerprint density at radius 2 is 1.92 bits per heavy atom. The summed E-state index contributed by atoms with van der Waals surface area (Å²) in [4.78, 5) is 11.2. The fourth-order valence-corrected chi connectivity index (χ4v) is 1.84. The van der Waals surface area contributed by atoms with Gasteiger partial charge in [-0.25, -0.2) is 8.51 Å².